The molecule has 0 heterocycles. The number of urea groups is 1. The van der Waals surface area contributed by atoms with E-state index >= 15 is 0 Å². The average molecular weight is 363 g/mol. The van der Waals surface area contributed by atoms with Gasteiger partial charge < -0.3 is 20.5 Å². The fourth-order valence-electron chi connectivity index (χ4n) is 2.11. The summed E-state index contributed by atoms with van der Waals surface area (Å²) in [5.41, 5.74) is 1.95. The van der Waals surface area contributed by atoms with Crippen molar-refractivity contribution in [1.82, 2.24) is 10.6 Å². The third-order valence-electron chi connectivity index (χ3n) is 3.54. The molecule has 2 amide bonds. The second kappa shape index (κ2) is 9.05. The van der Waals surface area contributed by atoms with Crippen molar-refractivity contribution in [3.05, 3.63) is 70.2 Å². The van der Waals surface area contributed by atoms with Crippen LogP contribution in [0.3, 0.4) is 0 Å². The number of methoxy groups -OCH3 is 1. The van der Waals surface area contributed by atoms with Crippen LogP contribution in [0.25, 0.3) is 0 Å². The number of benzene rings is 2. The first-order valence-corrected chi connectivity index (χ1v) is 8.00. The second-order valence-electron chi connectivity index (χ2n) is 5.32. The molecule has 0 bridgehead atoms. The number of nitrogens with one attached hydrogen (secondary N) is 2. The van der Waals surface area contributed by atoms with Crippen LogP contribution in [0.15, 0.2) is 48.5 Å². The Kier molecular flexibility index (Phi) is 6.80. The largest absolute Gasteiger partial charge is 0.465 e. The summed E-state index contributed by atoms with van der Waals surface area (Å²) in [6, 6.07) is 13.1. The summed E-state index contributed by atoms with van der Waals surface area (Å²) in [6.07, 6.45) is -0.817. The van der Waals surface area contributed by atoms with Gasteiger partial charge in [-0.3, -0.25) is 0 Å². The number of rotatable bonds is 6. The fourth-order valence-corrected chi connectivity index (χ4v) is 2.24. The van der Waals surface area contributed by atoms with E-state index < -0.39 is 18.1 Å². The molecule has 2 aromatic rings. The number of carbonyl (C=O) groups excluding carboxylic acids is 2. The Hall–Kier alpha value is -2.57. The van der Waals surface area contributed by atoms with Crippen molar-refractivity contribution in [3.63, 3.8) is 0 Å². The molecule has 0 saturated carbocycles. The maximum Gasteiger partial charge on any atom is 0.337 e. The molecule has 1 unspecified atom stereocenters. The molecule has 0 fully saturated rings. The Balaban J connectivity index is 1.76. The van der Waals surface area contributed by atoms with Crippen molar-refractivity contribution in [3.8, 4) is 0 Å². The molecule has 0 saturated heterocycles. The molecule has 7 heteroatoms. The molecular weight excluding hydrogens is 344 g/mol. The van der Waals surface area contributed by atoms with E-state index in [0.717, 1.165) is 5.56 Å². The number of ether oxygens (including phenoxy) is 1. The summed E-state index contributed by atoms with van der Waals surface area (Å²) in [6.45, 7) is 0.374. The summed E-state index contributed by atoms with van der Waals surface area (Å²) in [5.74, 6) is -0.409. The molecule has 2 rings (SSSR count). The van der Waals surface area contributed by atoms with Gasteiger partial charge in [0.25, 0.3) is 0 Å². The standard InChI is InChI=1S/C18H19ClN2O4/c1-25-17(23)14-4-2-12(3-5-14)10-20-18(24)21-11-16(22)13-6-8-15(19)9-7-13/h2-9,16,22H,10-11H2,1H3,(H2,20,21,24). The molecule has 3 N–H and O–H groups in total. The van der Waals surface area contributed by atoms with Crippen LogP contribution in [0.1, 0.15) is 27.6 Å². The number of esters is 1. The van der Waals surface area contributed by atoms with E-state index in [4.69, 9.17) is 11.6 Å². The summed E-state index contributed by atoms with van der Waals surface area (Å²) in [5, 5.41) is 15.9. The van der Waals surface area contributed by atoms with Crippen LogP contribution in [-0.4, -0.2) is 30.8 Å². The minimum Gasteiger partial charge on any atom is -0.465 e. The molecule has 0 spiro atoms. The number of hydrogen-bond acceptors (Lipinski definition) is 4. The lowest BCUT2D eigenvalue weighted by molar-refractivity contribution is 0.0600. The van der Waals surface area contributed by atoms with Crippen LogP contribution in [-0.2, 0) is 11.3 Å². The zero-order valence-corrected chi connectivity index (χ0v) is 14.4. The van der Waals surface area contributed by atoms with Gasteiger partial charge in [-0.25, -0.2) is 9.59 Å². The van der Waals surface area contributed by atoms with E-state index in [0.29, 0.717) is 22.7 Å². The van der Waals surface area contributed by atoms with Crippen molar-refractivity contribution < 1.29 is 19.4 Å². The van der Waals surface area contributed by atoms with Gasteiger partial charge in [0.1, 0.15) is 0 Å². The van der Waals surface area contributed by atoms with E-state index in [9.17, 15) is 14.7 Å². The van der Waals surface area contributed by atoms with E-state index in [1.54, 1.807) is 48.5 Å². The highest BCUT2D eigenvalue weighted by atomic mass is 35.5. The Morgan fingerprint density at radius 3 is 2.32 bits per heavy atom. The van der Waals surface area contributed by atoms with Crippen molar-refractivity contribution in [2.75, 3.05) is 13.7 Å². The summed E-state index contributed by atoms with van der Waals surface area (Å²) in [7, 11) is 1.32. The van der Waals surface area contributed by atoms with Crippen LogP contribution in [0, 0.1) is 0 Å². The number of halogens is 1. The van der Waals surface area contributed by atoms with E-state index in [1.165, 1.54) is 7.11 Å². The van der Waals surface area contributed by atoms with Crippen LogP contribution in [0.2, 0.25) is 5.02 Å². The molecule has 0 aliphatic rings. The minimum atomic E-state index is -0.817. The summed E-state index contributed by atoms with van der Waals surface area (Å²) in [4.78, 5) is 23.1. The number of aliphatic hydroxyl groups is 1. The second-order valence-corrected chi connectivity index (χ2v) is 5.76. The molecule has 0 aliphatic heterocycles. The Morgan fingerprint density at radius 1 is 1.08 bits per heavy atom. The van der Waals surface area contributed by atoms with Gasteiger partial charge in [-0.1, -0.05) is 35.9 Å². The molecule has 1 atom stereocenters. The average Bonchev–Trinajstić information content (AvgIpc) is 2.64. The first-order chi connectivity index (χ1) is 12.0. The highest BCUT2D eigenvalue weighted by molar-refractivity contribution is 6.30. The predicted octanol–water partition coefficient (Wildman–Crippen LogP) is 2.66. The van der Waals surface area contributed by atoms with Crippen LogP contribution in [0.5, 0.6) is 0 Å². The SMILES string of the molecule is COC(=O)c1ccc(CNC(=O)NCC(O)c2ccc(Cl)cc2)cc1. The zero-order valence-electron chi connectivity index (χ0n) is 13.7. The first kappa shape index (κ1) is 18.8. The van der Waals surface area contributed by atoms with Crippen LogP contribution in [0.4, 0.5) is 4.79 Å². The third-order valence-corrected chi connectivity index (χ3v) is 3.79. The van der Waals surface area contributed by atoms with Gasteiger partial charge in [0.2, 0.25) is 0 Å². The van der Waals surface area contributed by atoms with Gasteiger partial charge in [-0.15, -0.1) is 0 Å². The minimum absolute atomic E-state index is 0.0781. The van der Waals surface area contributed by atoms with Gasteiger partial charge in [0.15, 0.2) is 0 Å². The number of carbonyl (C=O) groups is 2. The normalized spacial score (nSPS) is 11.5. The molecule has 0 radical (unpaired) electrons. The van der Waals surface area contributed by atoms with Gasteiger partial charge in [0.05, 0.1) is 18.8 Å². The monoisotopic (exact) mass is 362 g/mol. The van der Waals surface area contributed by atoms with Crippen molar-refractivity contribution in [2.24, 2.45) is 0 Å². The zero-order chi connectivity index (χ0) is 18.2. The highest BCUT2D eigenvalue weighted by Gasteiger charge is 2.09. The predicted molar refractivity (Wildman–Crippen MR) is 94.4 cm³/mol. The lowest BCUT2D eigenvalue weighted by atomic mass is 10.1. The molecule has 25 heavy (non-hydrogen) atoms. The Morgan fingerprint density at radius 2 is 1.72 bits per heavy atom. The molecular formula is C18H19ClN2O4. The number of hydrogen-bond donors (Lipinski definition) is 3. The van der Waals surface area contributed by atoms with Crippen molar-refractivity contribution >= 4 is 23.6 Å². The van der Waals surface area contributed by atoms with Gasteiger partial charge in [-0.05, 0) is 35.4 Å². The van der Waals surface area contributed by atoms with Crippen molar-refractivity contribution in [1.29, 1.82) is 0 Å². The fraction of sp³-hybridized carbons (Fsp3) is 0.222. The van der Waals surface area contributed by atoms with Crippen LogP contribution >= 0.6 is 11.6 Å². The third kappa shape index (κ3) is 5.77. The van der Waals surface area contributed by atoms with Crippen LogP contribution < -0.4 is 10.6 Å². The molecule has 0 aromatic heterocycles. The Labute approximate surface area is 150 Å². The molecule has 2 aromatic carbocycles. The topological polar surface area (TPSA) is 87.7 Å². The molecule has 132 valence electrons. The first-order valence-electron chi connectivity index (χ1n) is 7.62. The highest BCUT2D eigenvalue weighted by Crippen LogP contribution is 2.15. The van der Waals surface area contributed by atoms with Crippen molar-refractivity contribution in [2.45, 2.75) is 12.6 Å². The van der Waals surface area contributed by atoms with E-state index in [-0.39, 0.29) is 6.54 Å². The lowest BCUT2D eigenvalue weighted by Crippen LogP contribution is -2.37. The molecule has 6 nitrogen and oxygen atoms in total. The summed E-state index contributed by atoms with van der Waals surface area (Å²) >= 11 is 5.79. The van der Waals surface area contributed by atoms with E-state index in [2.05, 4.69) is 15.4 Å². The Bertz CT molecular complexity index is 717. The quantitative estimate of drug-likeness (QED) is 0.689. The number of amides is 2. The van der Waals surface area contributed by atoms with Gasteiger partial charge in [-0.2, -0.15) is 0 Å². The maximum atomic E-state index is 11.8. The summed E-state index contributed by atoms with van der Waals surface area (Å²) < 4.78 is 4.62. The maximum absolute atomic E-state index is 11.8. The van der Waals surface area contributed by atoms with Gasteiger partial charge >= 0.3 is 12.0 Å². The smallest absolute Gasteiger partial charge is 0.337 e. The number of aliphatic hydroxyl groups excluding tert-OH is 1. The van der Waals surface area contributed by atoms with Gasteiger partial charge in [0, 0.05) is 18.1 Å². The molecule has 0 aliphatic carbocycles. The van der Waals surface area contributed by atoms with E-state index in [1.807, 2.05) is 0 Å². The lowest BCUT2D eigenvalue weighted by Gasteiger charge is -2.13.